The predicted octanol–water partition coefficient (Wildman–Crippen LogP) is 2.61. The molecule has 20 heavy (non-hydrogen) atoms. The summed E-state index contributed by atoms with van der Waals surface area (Å²) in [5.41, 5.74) is 1.24. The number of pyridine rings is 1. The summed E-state index contributed by atoms with van der Waals surface area (Å²) in [6.07, 6.45) is 3.46. The molecule has 0 bridgehead atoms. The summed E-state index contributed by atoms with van der Waals surface area (Å²) in [6, 6.07) is 4.66. The SMILES string of the molecule is CCNC(C)c1ccc(N2CCC(C)C(OC)C2)nc1. The van der Waals surface area contributed by atoms with Crippen LogP contribution in [0.5, 0.6) is 0 Å². The number of nitrogens with one attached hydrogen (secondary N) is 1. The Kier molecular flexibility index (Phi) is 5.38. The lowest BCUT2D eigenvalue weighted by Gasteiger charge is -2.37. The van der Waals surface area contributed by atoms with Gasteiger partial charge in [-0.1, -0.05) is 19.9 Å². The first kappa shape index (κ1) is 15.3. The van der Waals surface area contributed by atoms with Crippen LogP contribution < -0.4 is 10.2 Å². The van der Waals surface area contributed by atoms with Gasteiger partial charge < -0.3 is 15.0 Å². The molecular formula is C16H27N3O. The van der Waals surface area contributed by atoms with E-state index < -0.39 is 0 Å². The van der Waals surface area contributed by atoms with Crippen LogP contribution in [0.2, 0.25) is 0 Å². The fraction of sp³-hybridized carbons (Fsp3) is 0.688. The second kappa shape index (κ2) is 7.04. The first-order chi connectivity index (χ1) is 9.65. The van der Waals surface area contributed by atoms with Gasteiger partial charge >= 0.3 is 0 Å². The van der Waals surface area contributed by atoms with Crippen molar-refractivity contribution >= 4 is 5.82 Å². The maximum absolute atomic E-state index is 5.57. The van der Waals surface area contributed by atoms with Gasteiger partial charge in [0.05, 0.1) is 6.10 Å². The predicted molar refractivity (Wildman–Crippen MR) is 83.1 cm³/mol. The second-order valence-corrected chi connectivity index (χ2v) is 5.72. The summed E-state index contributed by atoms with van der Waals surface area (Å²) in [7, 11) is 1.80. The fourth-order valence-electron chi connectivity index (χ4n) is 2.81. The van der Waals surface area contributed by atoms with Crippen LogP contribution in [0, 0.1) is 5.92 Å². The number of rotatable bonds is 5. The molecule has 0 amide bonds. The molecule has 1 aromatic heterocycles. The fourth-order valence-corrected chi connectivity index (χ4v) is 2.81. The first-order valence-electron chi connectivity index (χ1n) is 7.62. The third-order valence-electron chi connectivity index (χ3n) is 4.30. The number of methoxy groups -OCH3 is 1. The largest absolute Gasteiger partial charge is 0.379 e. The molecule has 2 heterocycles. The van der Waals surface area contributed by atoms with Crippen molar-refractivity contribution in [3.8, 4) is 0 Å². The molecule has 3 atom stereocenters. The van der Waals surface area contributed by atoms with Gasteiger partial charge in [-0.3, -0.25) is 0 Å². The highest BCUT2D eigenvalue weighted by molar-refractivity contribution is 5.40. The number of anilines is 1. The van der Waals surface area contributed by atoms with Gasteiger partial charge in [0, 0.05) is 32.4 Å². The Hall–Kier alpha value is -1.13. The maximum Gasteiger partial charge on any atom is 0.128 e. The highest BCUT2D eigenvalue weighted by Crippen LogP contribution is 2.24. The molecule has 4 nitrogen and oxygen atoms in total. The molecule has 1 N–H and O–H groups in total. The van der Waals surface area contributed by atoms with Crippen LogP contribution in [0.3, 0.4) is 0 Å². The molecule has 1 aliphatic heterocycles. The van der Waals surface area contributed by atoms with E-state index in [1.54, 1.807) is 7.11 Å². The lowest BCUT2D eigenvalue weighted by Crippen LogP contribution is -2.44. The Balaban J connectivity index is 2.03. The minimum atomic E-state index is 0.311. The zero-order valence-electron chi connectivity index (χ0n) is 13.1. The highest BCUT2D eigenvalue weighted by atomic mass is 16.5. The number of aromatic nitrogens is 1. The molecule has 3 unspecified atom stereocenters. The zero-order chi connectivity index (χ0) is 14.5. The van der Waals surface area contributed by atoms with E-state index in [2.05, 4.69) is 48.1 Å². The van der Waals surface area contributed by atoms with Gasteiger partial charge in [0.2, 0.25) is 0 Å². The van der Waals surface area contributed by atoms with Crippen molar-refractivity contribution in [3.63, 3.8) is 0 Å². The van der Waals surface area contributed by atoms with Gasteiger partial charge in [0.1, 0.15) is 5.82 Å². The van der Waals surface area contributed by atoms with Crippen LogP contribution in [0.25, 0.3) is 0 Å². The Bertz CT molecular complexity index is 407. The van der Waals surface area contributed by atoms with Crippen LogP contribution in [0.15, 0.2) is 18.3 Å². The number of hydrogen-bond donors (Lipinski definition) is 1. The molecule has 1 aliphatic rings. The monoisotopic (exact) mass is 277 g/mol. The van der Waals surface area contributed by atoms with Crippen LogP contribution in [-0.4, -0.2) is 37.8 Å². The normalized spacial score (nSPS) is 24.7. The molecule has 0 saturated carbocycles. The smallest absolute Gasteiger partial charge is 0.128 e. The van der Waals surface area contributed by atoms with Crippen LogP contribution >= 0.6 is 0 Å². The molecule has 1 fully saturated rings. The summed E-state index contributed by atoms with van der Waals surface area (Å²) in [5.74, 6) is 1.69. The molecule has 0 aromatic carbocycles. The third kappa shape index (κ3) is 3.49. The van der Waals surface area contributed by atoms with Crippen LogP contribution in [0.1, 0.15) is 38.8 Å². The quantitative estimate of drug-likeness (QED) is 0.898. The number of hydrogen-bond acceptors (Lipinski definition) is 4. The van der Waals surface area contributed by atoms with Gasteiger partial charge in [0.15, 0.2) is 0 Å². The number of nitrogens with zero attached hydrogens (tertiary/aromatic N) is 2. The van der Waals surface area contributed by atoms with Crippen molar-refractivity contribution in [2.24, 2.45) is 5.92 Å². The van der Waals surface area contributed by atoms with E-state index in [9.17, 15) is 0 Å². The molecule has 0 radical (unpaired) electrons. The van der Waals surface area contributed by atoms with Gasteiger partial charge in [-0.15, -0.1) is 0 Å². The summed E-state index contributed by atoms with van der Waals surface area (Å²) in [6.45, 7) is 9.54. The van der Waals surface area contributed by atoms with Crippen molar-refractivity contribution in [2.75, 3.05) is 31.6 Å². The third-order valence-corrected chi connectivity index (χ3v) is 4.30. The van der Waals surface area contributed by atoms with E-state index in [0.29, 0.717) is 18.1 Å². The first-order valence-corrected chi connectivity index (χ1v) is 7.62. The van der Waals surface area contributed by atoms with Crippen LogP contribution in [0.4, 0.5) is 5.82 Å². The van der Waals surface area contributed by atoms with E-state index in [4.69, 9.17) is 4.74 Å². The topological polar surface area (TPSA) is 37.4 Å². The van der Waals surface area contributed by atoms with E-state index in [1.165, 1.54) is 5.56 Å². The van der Waals surface area contributed by atoms with Crippen molar-refractivity contribution < 1.29 is 4.74 Å². The minimum absolute atomic E-state index is 0.311. The van der Waals surface area contributed by atoms with Crippen molar-refractivity contribution in [2.45, 2.75) is 39.3 Å². The van der Waals surface area contributed by atoms with E-state index in [0.717, 1.165) is 31.9 Å². The van der Waals surface area contributed by atoms with E-state index in [-0.39, 0.29) is 0 Å². The summed E-state index contributed by atoms with van der Waals surface area (Å²) < 4.78 is 5.57. The zero-order valence-corrected chi connectivity index (χ0v) is 13.1. The lowest BCUT2D eigenvalue weighted by atomic mass is 9.96. The molecule has 1 aromatic rings. The van der Waals surface area contributed by atoms with E-state index in [1.807, 2.05) is 6.20 Å². The lowest BCUT2D eigenvalue weighted by molar-refractivity contribution is 0.0496. The minimum Gasteiger partial charge on any atom is -0.379 e. The Morgan fingerprint density at radius 3 is 2.90 bits per heavy atom. The molecule has 2 rings (SSSR count). The van der Waals surface area contributed by atoms with Gasteiger partial charge in [0.25, 0.3) is 0 Å². The van der Waals surface area contributed by atoms with Gasteiger partial charge in [-0.2, -0.15) is 0 Å². The van der Waals surface area contributed by atoms with Gasteiger partial charge in [-0.25, -0.2) is 4.98 Å². The molecule has 0 aliphatic carbocycles. The average molecular weight is 277 g/mol. The van der Waals surface area contributed by atoms with E-state index >= 15 is 0 Å². The number of piperidine rings is 1. The van der Waals surface area contributed by atoms with Crippen LogP contribution in [-0.2, 0) is 4.74 Å². The summed E-state index contributed by atoms with van der Waals surface area (Å²) in [4.78, 5) is 6.96. The summed E-state index contributed by atoms with van der Waals surface area (Å²) >= 11 is 0. The van der Waals surface area contributed by atoms with Crippen molar-refractivity contribution in [3.05, 3.63) is 23.9 Å². The summed E-state index contributed by atoms with van der Waals surface area (Å²) in [5, 5.41) is 3.41. The maximum atomic E-state index is 5.57. The molecule has 112 valence electrons. The van der Waals surface area contributed by atoms with Crippen molar-refractivity contribution in [1.29, 1.82) is 0 Å². The standard InChI is InChI=1S/C16H27N3O/c1-5-17-13(3)14-6-7-16(18-10-14)19-9-8-12(2)15(11-19)20-4/h6-7,10,12-13,15,17H,5,8-9,11H2,1-4H3. The average Bonchev–Trinajstić information content (AvgIpc) is 2.48. The van der Waals surface area contributed by atoms with Crippen molar-refractivity contribution in [1.82, 2.24) is 10.3 Å². The molecule has 1 saturated heterocycles. The molecular weight excluding hydrogens is 250 g/mol. The Morgan fingerprint density at radius 1 is 1.50 bits per heavy atom. The highest BCUT2D eigenvalue weighted by Gasteiger charge is 2.26. The Morgan fingerprint density at radius 2 is 2.30 bits per heavy atom. The second-order valence-electron chi connectivity index (χ2n) is 5.72. The Labute approximate surface area is 122 Å². The van der Waals surface area contributed by atoms with Gasteiger partial charge in [-0.05, 0) is 37.4 Å². The number of ether oxygens (including phenoxy) is 1. The molecule has 4 heteroatoms. The molecule has 0 spiro atoms.